The molecule has 0 fully saturated rings. The maximum atomic E-state index is 13.0. The summed E-state index contributed by atoms with van der Waals surface area (Å²) in [5.41, 5.74) is 2.16. The number of hydrogen-bond acceptors (Lipinski definition) is 3. The third-order valence-corrected chi connectivity index (χ3v) is 3.97. The van der Waals surface area contributed by atoms with Crippen molar-refractivity contribution >= 4 is 5.91 Å². The minimum atomic E-state index is -0.224. The predicted molar refractivity (Wildman–Crippen MR) is 80.5 cm³/mol. The van der Waals surface area contributed by atoms with Gasteiger partial charge in [0, 0.05) is 32.9 Å². The molecule has 5 nitrogen and oxygen atoms in total. The van der Waals surface area contributed by atoms with Crippen LogP contribution in [0, 0.1) is 5.82 Å². The zero-order valence-corrected chi connectivity index (χ0v) is 12.5. The van der Waals surface area contributed by atoms with Gasteiger partial charge in [-0.05, 0) is 23.8 Å². The van der Waals surface area contributed by atoms with Gasteiger partial charge in [-0.25, -0.2) is 4.39 Å². The van der Waals surface area contributed by atoms with E-state index in [1.54, 1.807) is 25.4 Å². The molecule has 22 heavy (non-hydrogen) atoms. The molecule has 1 amide bonds. The van der Waals surface area contributed by atoms with Crippen molar-refractivity contribution in [1.82, 2.24) is 20.0 Å². The molecule has 3 rings (SSSR count). The van der Waals surface area contributed by atoms with Crippen LogP contribution in [0.1, 0.15) is 23.7 Å². The van der Waals surface area contributed by atoms with Crippen molar-refractivity contribution < 1.29 is 9.18 Å². The highest BCUT2D eigenvalue weighted by Gasteiger charge is 2.27. The van der Waals surface area contributed by atoms with Crippen molar-refractivity contribution in [2.45, 2.75) is 25.6 Å². The molecule has 1 atom stereocenters. The van der Waals surface area contributed by atoms with Crippen LogP contribution >= 0.6 is 0 Å². The average molecular weight is 302 g/mol. The van der Waals surface area contributed by atoms with E-state index in [4.69, 9.17) is 0 Å². The Hall–Kier alpha value is -2.21. The molecule has 116 valence electrons. The summed E-state index contributed by atoms with van der Waals surface area (Å²) in [5, 5.41) is 7.00. The van der Waals surface area contributed by atoms with E-state index >= 15 is 0 Å². The molecule has 0 saturated carbocycles. The van der Waals surface area contributed by atoms with E-state index in [-0.39, 0.29) is 17.8 Å². The van der Waals surface area contributed by atoms with Crippen LogP contribution in [0.4, 0.5) is 4.39 Å². The van der Waals surface area contributed by atoms with Gasteiger partial charge in [0.05, 0.1) is 18.2 Å². The molecule has 0 spiro atoms. The lowest BCUT2D eigenvalue weighted by atomic mass is 10.1. The van der Waals surface area contributed by atoms with E-state index < -0.39 is 0 Å². The summed E-state index contributed by atoms with van der Waals surface area (Å²) in [4.78, 5) is 14.0. The van der Waals surface area contributed by atoms with Crippen molar-refractivity contribution in [1.29, 1.82) is 0 Å². The summed E-state index contributed by atoms with van der Waals surface area (Å²) in [6.45, 7) is 2.26. The molecular weight excluding hydrogens is 283 g/mol. The van der Waals surface area contributed by atoms with Crippen LogP contribution in [0.15, 0.2) is 36.5 Å². The number of aromatic nitrogens is 2. The SMILES string of the molecule is CNC(=O)CC1CN(Cc2ccc(F)cc2)Cc2ccnn21. The van der Waals surface area contributed by atoms with E-state index in [0.717, 1.165) is 30.9 Å². The van der Waals surface area contributed by atoms with Crippen molar-refractivity contribution in [3.63, 3.8) is 0 Å². The lowest BCUT2D eigenvalue weighted by molar-refractivity contribution is -0.121. The first-order valence-corrected chi connectivity index (χ1v) is 7.35. The minimum absolute atomic E-state index is 0.00934. The number of nitrogens with zero attached hydrogens (tertiary/aromatic N) is 3. The van der Waals surface area contributed by atoms with Crippen LogP contribution in [-0.4, -0.2) is 34.2 Å². The van der Waals surface area contributed by atoms with Gasteiger partial charge in [-0.1, -0.05) is 12.1 Å². The molecule has 1 unspecified atom stereocenters. The van der Waals surface area contributed by atoms with Gasteiger partial charge in [-0.3, -0.25) is 14.4 Å². The van der Waals surface area contributed by atoms with E-state index in [1.807, 2.05) is 10.7 Å². The average Bonchev–Trinajstić information content (AvgIpc) is 2.98. The normalized spacial score (nSPS) is 18.0. The maximum absolute atomic E-state index is 13.0. The maximum Gasteiger partial charge on any atom is 0.221 e. The van der Waals surface area contributed by atoms with Crippen LogP contribution in [0.2, 0.25) is 0 Å². The largest absolute Gasteiger partial charge is 0.359 e. The quantitative estimate of drug-likeness (QED) is 0.935. The van der Waals surface area contributed by atoms with Gasteiger partial charge in [0.15, 0.2) is 0 Å². The number of benzene rings is 1. The highest BCUT2D eigenvalue weighted by atomic mass is 19.1. The molecule has 1 N–H and O–H groups in total. The standard InChI is InChI=1S/C16H19FN4O/c1-18-16(22)8-15-11-20(10-14-6-7-19-21(14)15)9-12-2-4-13(17)5-3-12/h2-7,15H,8-11H2,1H3,(H,18,22). The number of carbonyl (C=O) groups excluding carboxylic acids is 1. The van der Waals surface area contributed by atoms with E-state index in [2.05, 4.69) is 15.3 Å². The zero-order valence-electron chi connectivity index (χ0n) is 12.5. The third kappa shape index (κ3) is 3.17. The first kappa shape index (κ1) is 14.7. The minimum Gasteiger partial charge on any atom is -0.359 e. The number of rotatable bonds is 4. The molecule has 0 radical (unpaired) electrons. The molecule has 2 aromatic rings. The van der Waals surface area contributed by atoms with Gasteiger partial charge in [0.1, 0.15) is 5.82 Å². The Morgan fingerprint density at radius 1 is 1.36 bits per heavy atom. The lowest BCUT2D eigenvalue weighted by Crippen LogP contribution is -2.39. The molecule has 1 aliphatic rings. The third-order valence-electron chi connectivity index (χ3n) is 3.97. The van der Waals surface area contributed by atoms with E-state index in [1.165, 1.54) is 12.1 Å². The van der Waals surface area contributed by atoms with Gasteiger partial charge < -0.3 is 5.32 Å². The molecule has 1 aromatic heterocycles. The number of amides is 1. The van der Waals surface area contributed by atoms with Crippen LogP contribution in [0.5, 0.6) is 0 Å². The zero-order chi connectivity index (χ0) is 15.5. The molecule has 0 saturated heterocycles. The van der Waals surface area contributed by atoms with Crippen LogP contribution in [0.25, 0.3) is 0 Å². The van der Waals surface area contributed by atoms with Gasteiger partial charge in [-0.15, -0.1) is 0 Å². The smallest absolute Gasteiger partial charge is 0.221 e. The second-order valence-electron chi connectivity index (χ2n) is 5.59. The fourth-order valence-electron chi connectivity index (χ4n) is 2.90. The number of nitrogens with one attached hydrogen (secondary N) is 1. The number of hydrogen-bond donors (Lipinski definition) is 1. The summed E-state index contributed by atoms with van der Waals surface area (Å²) < 4.78 is 14.9. The molecular formula is C16H19FN4O. The van der Waals surface area contributed by atoms with Crippen LogP contribution in [-0.2, 0) is 17.9 Å². The van der Waals surface area contributed by atoms with Gasteiger partial charge in [0.25, 0.3) is 0 Å². The van der Waals surface area contributed by atoms with Crippen molar-refractivity contribution in [2.75, 3.05) is 13.6 Å². The fraction of sp³-hybridized carbons (Fsp3) is 0.375. The molecule has 2 heterocycles. The number of fused-ring (bicyclic) bond motifs is 1. The van der Waals surface area contributed by atoms with Gasteiger partial charge in [-0.2, -0.15) is 5.10 Å². The second-order valence-corrected chi connectivity index (χ2v) is 5.59. The lowest BCUT2D eigenvalue weighted by Gasteiger charge is -2.33. The highest BCUT2D eigenvalue weighted by Crippen LogP contribution is 2.24. The number of carbonyl (C=O) groups is 1. The predicted octanol–water partition coefficient (Wildman–Crippen LogP) is 1.72. The molecule has 0 aliphatic carbocycles. The Morgan fingerprint density at radius 2 is 2.14 bits per heavy atom. The highest BCUT2D eigenvalue weighted by molar-refractivity contribution is 5.76. The second kappa shape index (κ2) is 6.27. The molecule has 1 aromatic carbocycles. The molecule has 6 heteroatoms. The molecule has 1 aliphatic heterocycles. The summed E-state index contributed by atoms with van der Waals surface area (Å²) >= 11 is 0. The Labute approximate surface area is 128 Å². The Bertz CT molecular complexity index is 652. The monoisotopic (exact) mass is 302 g/mol. The Morgan fingerprint density at radius 3 is 2.86 bits per heavy atom. The van der Waals surface area contributed by atoms with Crippen molar-refractivity contribution in [2.24, 2.45) is 0 Å². The summed E-state index contributed by atoms with van der Waals surface area (Å²) in [6.07, 6.45) is 2.18. The topological polar surface area (TPSA) is 50.2 Å². The molecule has 0 bridgehead atoms. The van der Waals surface area contributed by atoms with Crippen LogP contribution in [0.3, 0.4) is 0 Å². The Balaban J connectivity index is 1.74. The van der Waals surface area contributed by atoms with Gasteiger partial charge >= 0.3 is 0 Å². The first-order chi connectivity index (χ1) is 10.7. The summed E-state index contributed by atoms with van der Waals surface area (Å²) in [6, 6.07) is 8.56. The van der Waals surface area contributed by atoms with Crippen molar-refractivity contribution in [3.05, 3.63) is 53.6 Å². The summed E-state index contributed by atoms with van der Waals surface area (Å²) in [7, 11) is 1.64. The van der Waals surface area contributed by atoms with E-state index in [0.29, 0.717) is 6.42 Å². The first-order valence-electron chi connectivity index (χ1n) is 7.35. The van der Waals surface area contributed by atoms with Crippen molar-refractivity contribution in [3.8, 4) is 0 Å². The van der Waals surface area contributed by atoms with E-state index in [9.17, 15) is 9.18 Å². The van der Waals surface area contributed by atoms with Gasteiger partial charge in [0.2, 0.25) is 5.91 Å². The summed E-state index contributed by atoms with van der Waals surface area (Å²) in [5.74, 6) is -0.215. The Kier molecular flexibility index (Phi) is 4.20. The fourth-order valence-corrected chi connectivity index (χ4v) is 2.90. The van der Waals surface area contributed by atoms with Crippen LogP contribution < -0.4 is 5.32 Å². The number of halogens is 1.